The Morgan fingerprint density at radius 2 is 1.82 bits per heavy atom. The fraction of sp³-hybridized carbons (Fsp3) is 0.333. The van der Waals surface area contributed by atoms with Crippen molar-refractivity contribution in [3.05, 3.63) is 84.4 Å². The van der Waals surface area contributed by atoms with Gasteiger partial charge in [0.1, 0.15) is 0 Å². The first-order chi connectivity index (χ1) is 13.8. The van der Waals surface area contributed by atoms with Gasteiger partial charge in [0.25, 0.3) is 0 Å². The van der Waals surface area contributed by atoms with Gasteiger partial charge in [-0.05, 0) is 42.6 Å². The van der Waals surface area contributed by atoms with Crippen molar-refractivity contribution in [2.75, 3.05) is 6.54 Å². The van der Waals surface area contributed by atoms with Gasteiger partial charge < -0.3 is 5.32 Å². The number of fused-ring (bicyclic) bond motifs is 1. The van der Waals surface area contributed by atoms with Gasteiger partial charge >= 0.3 is 0 Å². The lowest BCUT2D eigenvalue weighted by molar-refractivity contribution is 0.292. The first-order valence-corrected chi connectivity index (χ1v) is 10.5. The quantitative estimate of drug-likeness (QED) is 0.568. The SMILES string of the molecule is C=CCNC(=S)N1N=C2C(Cc3ccccc3)CCCC2C1c1ccccc1. The van der Waals surface area contributed by atoms with Crippen LogP contribution < -0.4 is 5.32 Å². The molecule has 3 unspecified atom stereocenters. The van der Waals surface area contributed by atoms with Crippen LogP contribution in [0.1, 0.15) is 36.4 Å². The van der Waals surface area contributed by atoms with Gasteiger partial charge in [0.15, 0.2) is 5.11 Å². The highest BCUT2D eigenvalue weighted by Crippen LogP contribution is 2.44. The molecule has 0 spiro atoms. The van der Waals surface area contributed by atoms with Gasteiger partial charge in [0, 0.05) is 24.1 Å². The summed E-state index contributed by atoms with van der Waals surface area (Å²) in [5.74, 6) is 0.910. The Bertz CT molecular complexity index is 847. The molecular weight excluding hydrogens is 362 g/mol. The fourth-order valence-electron chi connectivity index (χ4n) is 4.56. The van der Waals surface area contributed by atoms with Crippen LogP contribution in [0.2, 0.25) is 0 Å². The first-order valence-electron chi connectivity index (χ1n) is 10.1. The molecule has 2 aromatic rings. The normalized spacial score (nSPS) is 23.6. The predicted octanol–water partition coefficient (Wildman–Crippen LogP) is 5.12. The number of hydrogen-bond donors (Lipinski definition) is 1. The number of thiocarbonyl (C=S) groups is 1. The molecule has 1 saturated carbocycles. The Balaban J connectivity index is 1.64. The van der Waals surface area contributed by atoms with Crippen LogP contribution in [-0.4, -0.2) is 22.4 Å². The van der Waals surface area contributed by atoms with Crippen LogP contribution >= 0.6 is 12.2 Å². The molecule has 1 N–H and O–H groups in total. The third-order valence-corrected chi connectivity index (χ3v) is 6.14. The number of nitrogens with zero attached hydrogens (tertiary/aromatic N) is 2. The largest absolute Gasteiger partial charge is 0.358 e. The van der Waals surface area contributed by atoms with E-state index in [1.807, 2.05) is 6.08 Å². The Morgan fingerprint density at radius 3 is 2.54 bits per heavy atom. The van der Waals surface area contributed by atoms with Crippen LogP contribution in [0, 0.1) is 11.8 Å². The molecule has 4 heteroatoms. The second kappa shape index (κ2) is 8.70. The van der Waals surface area contributed by atoms with Crippen LogP contribution in [-0.2, 0) is 6.42 Å². The lowest BCUT2D eigenvalue weighted by atomic mass is 9.73. The highest BCUT2D eigenvalue weighted by molar-refractivity contribution is 7.80. The number of nitrogens with one attached hydrogen (secondary N) is 1. The molecule has 3 nitrogen and oxygen atoms in total. The molecule has 1 heterocycles. The van der Waals surface area contributed by atoms with E-state index in [1.165, 1.54) is 36.1 Å². The summed E-state index contributed by atoms with van der Waals surface area (Å²) in [7, 11) is 0. The van der Waals surface area contributed by atoms with Crippen molar-refractivity contribution >= 4 is 23.0 Å². The van der Waals surface area contributed by atoms with Crippen LogP contribution in [0.15, 0.2) is 78.4 Å². The molecule has 1 fully saturated rings. The minimum atomic E-state index is 0.180. The molecule has 4 rings (SSSR count). The number of hydrazone groups is 1. The van der Waals surface area contributed by atoms with E-state index < -0.39 is 0 Å². The number of hydrogen-bond acceptors (Lipinski definition) is 2. The summed E-state index contributed by atoms with van der Waals surface area (Å²) in [4.78, 5) is 0. The summed E-state index contributed by atoms with van der Waals surface area (Å²) >= 11 is 5.71. The van der Waals surface area contributed by atoms with Crippen molar-refractivity contribution in [3.63, 3.8) is 0 Å². The van der Waals surface area contributed by atoms with Crippen LogP contribution in [0.25, 0.3) is 0 Å². The zero-order valence-electron chi connectivity index (χ0n) is 16.1. The topological polar surface area (TPSA) is 27.6 Å². The molecule has 0 radical (unpaired) electrons. The van der Waals surface area contributed by atoms with E-state index in [-0.39, 0.29) is 6.04 Å². The maximum Gasteiger partial charge on any atom is 0.190 e. The monoisotopic (exact) mass is 389 g/mol. The average Bonchev–Trinajstić information content (AvgIpc) is 3.14. The Kier molecular flexibility index (Phi) is 5.87. The van der Waals surface area contributed by atoms with Crippen molar-refractivity contribution in [3.8, 4) is 0 Å². The maximum atomic E-state index is 5.71. The lowest BCUT2D eigenvalue weighted by Gasteiger charge is -2.32. The van der Waals surface area contributed by atoms with E-state index in [2.05, 4.69) is 77.6 Å². The summed E-state index contributed by atoms with van der Waals surface area (Å²) < 4.78 is 0. The molecule has 1 aliphatic heterocycles. The molecule has 0 bridgehead atoms. The average molecular weight is 390 g/mol. The molecule has 1 aliphatic carbocycles. The van der Waals surface area contributed by atoms with Crippen molar-refractivity contribution in [2.45, 2.75) is 31.7 Å². The molecule has 3 atom stereocenters. The summed E-state index contributed by atoms with van der Waals surface area (Å²) in [5.41, 5.74) is 4.00. The first kappa shape index (κ1) is 18.9. The molecule has 28 heavy (non-hydrogen) atoms. The predicted molar refractivity (Wildman–Crippen MR) is 120 cm³/mol. The van der Waals surface area contributed by atoms with Gasteiger partial charge in [-0.25, -0.2) is 5.01 Å². The third-order valence-electron chi connectivity index (χ3n) is 5.81. The number of benzene rings is 2. The van der Waals surface area contributed by atoms with Gasteiger partial charge in [-0.1, -0.05) is 73.2 Å². The van der Waals surface area contributed by atoms with Gasteiger partial charge in [-0.2, -0.15) is 5.10 Å². The molecule has 144 valence electrons. The minimum absolute atomic E-state index is 0.180. The lowest BCUT2D eigenvalue weighted by Crippen LogP contribution is -2.39. The Labute approximate surface area is 173 Å². The zero-order chi connectivity index (χ0) is 19.3. The van der Waals surface area contributed by atoms with Crippen molar-refractivity contribution < 1.29 is 0 Å². The van der Waals surface area contributed by atoms with Crippen LogP contribution in [0.3, 0.4) is 0 Å². The van der Waals surface area contributed by atoms with Crippen molar-refractivity contribution in [2.24, 2.45) is 16.9 Å². The second-order valence-electron chi connectivity index (χ2n) is 7.62. The smallest absolute Gasteiger partial charge is 0.190 e. The fourth-order valence-corrected chi connectivity index (χ4v) is 4.79. The molecule has 0 aromatic heterocycles. The Hall–Kier alpha value is -2.46. The van der Waals surface area contributed by atoms with Crippen molar-refractivity contribution in [1.29, 1.82) is 0 Å². The summed E-state index contributed by atoms with van der Waals surface area (Å²) in [6.07, 6.45) is 6.50. The van der Waals surface area contributed by atoms with Crippen LogP contribution in [0.5, 0.6) is 0 Å². The van der Waals surface area contributed by atoms with E-state index in [1.54, 1.807) is 0 Å². The van der Waals surface area contributed by atoms with E-state index in [0.717, 1.165) is 6.42 Å². The van der Waals surface area contributed by atoms with Crippen LogP contribution in [0.4, 0.5) is 0 Å². The van der Waals surface area contributed by atoms with Gasteiger partial charge in [0.05, 0.1) is 6.04 Å². The van der Waals surface area contributed by atoms with Gasteiger partial charge in [0.2, 0.25) is 0 Å². The molecular formula is C24H27N3S. The third kappa shape index (κ3) is 3.88. The van der Waals surface area contributed by atoms with Gasteiger partial charge in [-0.3, -0.25) is 0 Å². The summed E-state index contributed by atoms with van der Waals surface area (Å²) in [5, 5.41) is 11.1. The molecule has 2 aromatic carbocycles. The van der Waals surface area contributed by atoms with E-state index in [0.29, 0.717) is 23.5 Å². The highest BCUT2D eigenvalue weighted by Gasteiger charge is 2.44. The standard InChI is InChI=1S/C24H27N3S/c1-2-16-25-24(28)27-23(19-12-7-4-8-13-19)21-15-9-14-20(22(21)26-27)17-18-10-5-3-6-11-18/h2-8,10-13,20-21,23H,1,9,14-17H2,(H,25,28). The molecule has 0 amide bonds. The number of rotatable bonds is 5. The summed E-state index contributed by atoms with van der Waals surface area (Å²) in [6, 6.07) is 21.6. The minimum Gasteiger partial charge on any atom is -0.358 e. The van der Waals surface area contributed by atoms with E-state index in [4.69, 9.17) is 17.3 Å². The molecule has 2 aliphatic rings. The maximum absolute atomic E-state index is 5.71. The molecule has 0 saturated heterocycles. The Morgan fingerprint density at radius 1 is 1.11 bits per heavy atom. The van der Waals surface area contributed by atoms with Gasteiger partial charge in [-0.15, -0.1) is 6.58 Å². The zero-order valence-corrected chi connectivity index (χ0v) is 16.9. The summed E-state index contributed by atoms with van der Waals surface area (Å²) in [6.45, 7) is 4.44. The van der Waals surface area contributed by atoms with E-state index >= 15 is 0 Å². The van der Waals surface area contributed by atoms with Crippen molar-refractivity contribution in [1.82, 2.24) is 10.3 Å². The second-order valence-corrected chi connectivity index (χ2v) is 8.01. The highest BCUT2D eigenvalue weighted by atomic mass is 32.1. The van der Waals surface area contributed by atoms with E-state index in [9.17, 15) is 0 Å².